The molecule has 0 aromatic heterocycles. The van der Waals surface area contributed by atoms with Crippen LogP contribution in [0.3, 0.4) is 0 Å². The summed E-state index contributed by atoms with van der Waals surface area (Å²) in [6.45, 7) is 0. The standard InChI is InChI=1S/C5H12N2O2/c6-2-1-3(7)5(9)4(2)8/h2-5,8-9H,1,6-7H2/t2-,3+,4+,5-. The van der Waals surface area contributed by atoms with Crippen LogP contribution < -0.4 is 11.5 Å². The van der Waals surface area contributed by atoms with Gasteiger partial charge in [0.2, 0.25) is 0 Å². The van der Waals surface area contributed by atoms with Gasteiger partial charge in [0.1, 0.15) is 0 Å². The fraction of sp³-hybridized carbons (Fsp3) is 1.00. The van der Waals surface area contributed by atoms with Crippen molar-refractivity contribution in [1.29, 1.82) is 0 Å². The fourth-order valence-electron chi connectivity index (χ4n) is 1.10. The molecule has 1 saturated carbocycles. The molecule has 0 aromatic rings. The number of nitrogens with two attached hydrogens (primary N) is 2. The van der Waals surface area contributed by atoms with E-state index in [2.05, 4.69) is 0 Å². The van der Waals surface area contributed by atoms with Gasteiger partial charge in [0, 0.05) is 12.1 Å². The smallest absolute Gasteiger partial charge is 0.0965 e. The lowest BCUT2D eigenvalue weighted by atomic mass is 10.2. The quantitative estimate of drug-likeness (QED) is 0.300. The molecule has 0 aliphatic heterocycles. The SMILES string of the molecule is N[C@@H]1C[C@H](N)[C@@H](O)[C@H]1O. The van der Waals surface area contributed by atoms with Crippen LogP contribution in [0.25, 0.3) is 0 Å². The summed E-state index contributed by atoms with van der Waals surface area (Å²) in [5, 5.41) is 18.0. The third kappa shape index (κ3) is 1.07. The van der Waals surface area contributed by atoms with E-state index < -0.39 is 12.2 Å². The molecule has 0 amide bonds. The highest BCUT2D eigenvalue weighted by molar-refractivity contribution is 4.95. The van der Waals surface area contributed by atoms with Gasteiger partial charge < -0.3 is 21.7 Å². The highest BCUT2D eigenvalue weighted by Gasteiger charge is 2.36. The second kappa shape index (κ2) is 2.22. The van der Waals surface area contributed by atoms with Gasteiger partial charge in [0.05, 0.1) is 12.2 Å². The van der Waals surface area contributed by atoms with Crippen molar-refractivity contribution in [2.24, 2.45) is 11.5 Å². The molecule has 0 heterocycles. The van der Waals surface area contributed by atoms with E-state index in [1.807, 2.05) is 0 Å². The summed E-state index contributed by atoms with van der Waals surface area (Å²) < 4.78 is 0. The zero-order valence-corrected chi connectivity index (χ0v) is 5.07. The maximum atomic E-state index is 8.98. The van der Waals surface area contributed by atoms with Gasteiger partial charge in [-0.25, -0.2) is 0 Å². The Morgan fingerprint density at radius 1 is 1.00 bits per heavy atom. The van der Waals surface area contributed by atoms with Gasteiger partial charge in [0.15, 0.2) is 0 Å². The maximum Gasteiger partial charge on any atom is 0.0965 e. The second-order valence-electron chi connectivity index (χ2n) is 2.54. The van der Waals surface area contributed by atoms with Crippen LogP contribution in [-0.4, -0.2) is 34.5 Å². The van der Waals surface area contributed by atoms with Crippen molar-refractivity contribution < 1.29 is 10.2 Å². The van der Waals surface area contributed by atoms with Crippen LogP contribution in [0, 0.1) is 0 Å². The molecular formula is C5H12N2O2. The van der Waals surface area contributed by atoms with Gasteiger partial charge in [-0.3, -0.25) is 0 Å². The van der Waals surface area contributed by atoms with Gasteiger partial charge >= 0.3 is 0 Å². The van der Waals surface area contributed by atoms with Gasteiger partial charge in [-0.15, -0.1) is 0 Å². The molecule has 6 N–H and O–H groups in total. The molecule has 0 spiro atoms. The minimum atomic E-state index is -0.833. The van der Waals surface area contributed by atoms with Gasteiger partial charge in [-0.2, -0.15) is 0 Å². The molecule has 0 saturated heterocycles. The summed E-state index contributed by atoms with van der Waals surface area (Å²) in [7, 11) is 0. The predicted octanol–water partition coefficient (Wildman–Crippen LogP) is -2.23. The number of aliphatic hydroxyl groups excluding tert-OH is 2. The van der Waals surface area contributed by atoms with Crippen LogP contribution in [0.15, 0.2) is 0 Å². The van der Waals surface area contributed by atoms with E-state index in [0.29, 0.717) is 6.42 Å². The van der Waals surface area contributed by atoms with Gasteiger partial charge in [-0.05, 0) is 6.42 Å². The summed E-state index contributed by atoms with van der Waals surface area (Å²) in [6.07, 6.45) is -1.16. The van der Waals surface area contributed by atoms with Gasteiger partial charge in [-0.1, -0.05) is 0 Å². The molecule has 4 nitrogen and oxygen atoms in total. The topological polar surface area (TPSA) is 92.5 Å². The molecule has 0 unspecified atom stereocenters. The Kier molecular flexibility index (Phi) is 1.72. The van der Waals surface area contributed by atoms with Crippen LogP contribution in [-0.2, 0) is 0 Å². The lowest BCUT2D eigenvalue weighted by Crippen LogP contribution is -2.38. The maximum absolute atomic E-state index is 8.98. The second-order valence-corrected chi connectivity index (χ2v) is 2.54. The van der Waals surface area contributed by atoms with Crippen molar-refractivity contribution in [3.8, 4) is 0 Å². The first-order chi connectivity index (χ1) is 4.13. The average Bonchev–Trinajstić information content (AvgIpc) is 1.98. The molecule has 1 rings (SSSR count). The molecule has 4 atom stereocenters. The molecule has 4 heteroatoms. The normalized spacial score (nSPS) is 52.0. The predicted molar refractivity (Wildman–Crippen MR) is 32.6 cm³/mol. The first kappa shape index (κ1) is 6.95. The lowest BCUT2D eigenvalue weighted by Gasteiger charge is -2.11. The van der Waals surface area contributed by atoms with E-state index in [1.165, 1.54) is 0 Å². The Hall–Kier alpha value is -0.160. The van der Waals surface area contributed by atoms with Gasteiger partial charge in [0.25, 0.3) is 0 Å². The van der Waals surface area contributed by atoms with Crippen molar-refractivity contribution in [3.63, 3.8) is 0 Å². The summed E-state index contributed by atoms with van der Waals surface area (Å²) in [4.78, 5) is 0. The average molecular weight is 132 g/mol. The molecule has 54 valence electrons. The van der Waals surface area contributed by atoms with Crippen LogP contribution in [0.5, 0.6) is 0 Å². The number of aliphatic hydroxyl groups is 2. The Balaban J connectivity index is 2.54. The van der Waals surface area contributed by atoms with Crippen LogP contribution >= 0.6 is 0 Å². The summed E-state index contributed by atoms with van der Waals surface area (Å²) in [5.41, 5.74) is 10.7. The number of hydrogen-bond donors (Lipinski definition) is 4. The molecule has 0 radical (unpaired) electrons. The first-order valence-corrected chi connectivity index (χ1v) is 3.00. The minimum absolute atomic E-state index is 0.352. The molecule has 1 aliphatic carbocycles. The van der Waals surface area contributed by atoms with Crippen LogP contribution in [0.4, 0.5) is 0 Å². The van der Waals surface area contributed by atoms with Crippen molar-refractivity contribution in [1.82, 2.24) is 0 Å². The molecule has 9 heavy (non-hydrogen) atoms. The zero-order chi connectivity index (χ0) is 7.02. The van der Waals surface area contributed by atoms with Crippen LogP contribution in [0.2, 0.25) is 0 Å². The van der Waals surface area contributed by atoms with E-state index in [0.717, 1.165) is 0 Å². The number of rotatable bonds is 0. The van der Waals surface area contributed by atoms with Crippen molar-refractivity contribution in [2.75, 3.05) is 0 Å². The van der Waals surface area contributed by atoms with Crippen LogP contribution in [0.1, 0.15) is 6.42 Å². The largest absolute Gasteiger partial charge is 0.389 e. The molecule has 1 fully saturated rings. The van der Waals surface area contributed by atoms with Crippen molar-refractivity contribution >= 4 is 0 Å². The van der Waals surface area contributed by atoms with E-state index in [-0.39, 0.29) is 12.1 Å². The highest BCUT2D eigenvalue weighted by atomic mass is 16.3. The molecule has 0 aromatic carbocycles. The van der Waals surface area contributed by atoms with E-state index >= 15 is 0 Å². The lowest BCUT2D eigenvalue weighted by molar-refractivity contribution is 0.0297. The van der Waals surface area contributed by atoms with E-state index in [4.69, 9.17) is 21.7 Å². The molecular weight excluding hydrogens is 120 g/mol. The van der Waals surface area contributed by atoms with Crippen molar-refractivity contribution in [3.05, 3.63) is 0 Å². The fourth-order valence-corrected chi connectivity index (χ4v) is 1.10. The van der Waals surface area contributed by atoms with E-state index in [1.54, 1.807) is 0 Å². The Bertz CT molecular complexity index is 97.1. The van der Waals surface area contributed by atoms with Crippen molar-refractivity contribution in [2.45, 2.75) is 30.7 Å². The number of hydrogen-bond acceptors (Lipinski definition) is 4. The summed E-state index contributed by atoms with van der Waals surface area (Å²) >= 11 is 0. The Morgan fingerprint density at radius 2 is 1.33 bits per heavy atom. The monoisotopic (exact) mass is 132 g/mol. The molecule has 0 bridgehead atoms. The summed E-state index contributed by atoms with van der Waals surface area (Å²) in [6, 6.07) is -0.704. The molecule has 1 aliphatic rings. The zero-order valence-electron chi connectivity index (χ0n) is 5.07. The minimum Gasteiger partial charge on any atom is -0.389 e. The third-order valence-corrected chi connectivity index (χ3v) is 1.77. The Labute approximate surface area is 53.5 Å². The first-order valence-electron chi connectivity index (χ1n) is 3.00. The highest BCUT2D eigenvalue weighted by Crippen LogP contribution is 2.16. The Morgan fingerprint density at radius 3 is 1.44 bits per heavy atom. The summed E-state index contributed by atoms with van der Waals surface area (Å²) in [5.74, 6) is 0. The van der Waals surface area contributed by atoms with E-state index in [9.17, 15) is 0 Å². The third-order valence-electron chi connectivity index (χ3n) is 1.77.